The average Bonchev–Trinajstić information content (AvgIpc) is 3.05. The van der Waals surface area contributed by atoms with Gasteiger partial charge in [-0.25, -0.2) is 4.98 Å². The highest BCUT2D eigenvalue weighted by atomic mass is 32.2. The van der Waals surface area contributed by atoms with E-state index in [9.17, 15) is 4.21 Å². The number of aryl methyl sites for hydroxylation is 1. The van der Waals surface area contributed by atoms with E-state index < -0.39 is 10.8 Å². The van der Waals surface area contributed by atoms with E-state index in [1.54, 1.807) is 13.3 Å². The Balaban J connectivity index is 1.70. The molecule has 1 N–H and O–H groups in total. The number of ether oxygens (including phenoxy) is 2. The van der Waals surface area contributed by atoms with Gasteiger partial charge in [-0.2, -0.15) is 0 Å². The van der Waals surface area contributed by atoms with Crippen LogP contribution in [-0.2, 0) is 21.3 Å². The zero-order valence-corrected chi connectivity index (χ0v) is 15.1. The summed E-state index contributed by atoms with van der Waals surface area (Å²) in [5, 5.41) is 0.464. The SMILES string of the molecule is COCCCOc1cc(CS(=O)c2nc3ccccc3[nH]2)ncc1C. The van der Waals surface area contributed by atoms with Crippen LogP contribution in [0.25, 0.3) is 11.0 Å². The predicted octanol–water partition coefficient (Wildman–Crippen LogP) is 2.99. The molecule has 1 atom stereocenters. The summed E-state index contributed by atoms with van der Waals surface area (Å²) in [6.07, 6.45) is 2.56. The van der Waals surface area contributed by atoms with Gasteiger partial charge in [0.25, 0.3) is 0 Å². The highest BCUT2D eigenvalue weighted by Gasteiger charge is 2.13. The summed E-state index contributed by atoms with van der Waals surface area (Å²) >= 11 is 0. The molecule has 3 rings (SSSR count). The molecule has 6 nitrogen and oxygen atoms in total. The third-order valence-electron chi connectivity index (χ3n) is 3.72. The lowest BCUT2D eigenvalue weighted by Crippen LogP contribution is -2.05. The number of rotatable bonds is 8. The molecule has 0 radical (unpaired) electrons. The van der Waals surface area contributed by atoms with Crippen LogP contribution in [0, 0.1) is 6.92 Å². The van der Waals surface area contributed by atoms with E-state index in [4.69, 9.17) is 9.47 Å². The van der Waals surface area contributed by atoms with Crippen LogP contribution in [0.3, 0.4) is 0 Å². The zero-order chi connectivity index (χ0) is 17.6. The summed E-state index contributed by atoms with van der Waals surface area (Å²) in [5.74, 6) is 1.05. The summed E-state index contributed by atoms with van der Waals surface area (Å²) in [5.41, 5.74) is 3.36. The molecular weight excluding hydrogens is 338 g/mol. The molecule has 0 aliphatic carbocycles. The second kappa shape index (κ2) is 8.22. The summed E-state index contributed by atoms with van der Waals surface area (Å²) in [6.45, 7) is 3.18. The van der Waals surface area contributed by atoms with Gasteiger partial charge in [-0.1, -0.05) is 12.1 Å². The van der Waals surface area contributed by atoms with E-state index in [-0.39, 0.29) is 5.75 Å². The highest BCUT2D eigenvalue weighted by molar-refractivity contribution is 7.84. The lowest BCUT2D eigenvalue weighted by Gasteiger charge is -2.10. The molecule has 2 heterocycles. The number of methoxy groups -OCH3 is 1. The molecule has 0 saturated carbocycles. The Kier molecular flexibility index (Phi) is 5.78. The fraction of sp³-hybridized carbons (Fsp3) is 0.333. The molecular formula is C18H21N3O3S. The molecule has 0 amide bonds. The molecule has 0 saturated heterocycles. The Morgan fingerprint density at radius 3 is 2.88 bits per heavy atom. The van der Waals surface area contributed by atoms with E-state index in [0.717, 1.165) is 28.8 Å². The molecule has 132 valence electrons. The topological polar surface area (TPSA) is 77.1 Å². The molecule has 0 bridgehead atoms. The van der Waals surface area contributed by atoms with Crippen LogP contribution in [0.4, 0.5) is 0 Å². The fourth-order valence-electron chi connectivity index (χ4n) is 2.41. The first kappa shape index (κ1) is 17.6. The standard InChI is InChI=1S/C18H21N3O3S/c1-13-11-19-14(10-17(13)24-9-5-8-23-2)12-25(22)18-20-15-6-3-4-7-16(15)21-18/h3-4,6-7,10-11H,5,8-9,12H2,1-2H3,(H,20,21). The molecule has 1 aromatic carbocycles. The van der Waals surface area contributed by atoms with Gasteiger partial charge in [-0.3, -0.25) is 9.19 Å². The predicted molar refractivity (Wildman–Crippen MR) is 97.2 cm³/mol. The number of pyridine rings is 1. The van der Waals surface area contributed by atoms with Crippen molar-refractivity contribution >= 4 is 21.8 Å². The second-order valence-electron chi connectivity index (χ2n) is 5.68. The van der Waals surface area contributed by atoms with Gasteiger partial charge in [-0.15, -0.1) is 0 Å². The van der Waals surface area contributed by atoms with Gasteiger partial charge in [-0.05, 0) is 19.1 Å². The Morgan fingerprint density at radius 1 is 1.24 bits per heavy atom. The number of H-pyrrole nitrogens is 1. The number of hydrogen-bond acceptors (Lipinski definition) is 5. The lowest BCUT2D eigenvalue weighted by atomic mass is 10.2. The van der Waals surface area contributed by atoms with Crippen molar-refractivity contribution in [2.75, 3.05) is 20.3 Å². The number of fused-ring (bicyclic) bond motifs is 1. The number of nitrogens with zero attached hydrogens (tertiary/aromatic N) is 2. The van der Waals surface area contributed by atoms with E-state index >= 15 is 0 Å². The van der Waals surface area contributed by atoms with Crippen molar-refractivity contribution in [3.8, 4) is 5.75 Å². The van der Waals surface area contributed by atoms with E-state index in [2.05, 4.69) is 15.0 Å². The van der Waals surface area contributed by atoms with E-state index in [1.807, 2.05) is 37.3 Å². The maximum Gasteiger partial charge on any atom is 0.197 e. The number of nitrogens with one attached hydrogen (secondary N) is 1. The maximum atomic E-state index is 12.6. The zero-order valence-electron chi connectivity index (χ0n) is 14.3. The number of aromatic amines is 1. The van der Waals surface area contributed by atoms with Crippen LogP contribution in [0.5, 0.6) is 5.75 Å². The van der Waals surface area contributed by atoms with Crippen LogP contribution in [-0.4, -0.2) is 39.5 Å². The highest BCUT2D eigenvalue weighted by Crippen LogP contribution is 2.20. The quantitative estimate of drug-likeness (QED) is 0.626. The van der Waals surface area contributed by atoms with Crippen molar-refractivity contribution in [2.24, 2.45) is 0 Å². The van der Waals surface area contributed by atoms with Gasteiger partial charge in [0, 0.05) is 38.0 Å². The Hall–Kier alpha value is -2.25. The number of imidazole rings is 1. The van der Waals surface area contributed by atoms with Crippen LogP contribution in [0.15, 0.2) is 41.7 Å². The molecule has 2 aromatic heterocycles. The van der Waals surface area contributed by atoms with Crippen molar-refractivity contribution in [2.45, 2.75) is 24.3 Å². The van der Waals surface area contributed by atoms with Crippen LogP contribution < -0.4 is 4.74 Å². The number of aromatic nitrogens is 3. The smallest absolute Gasteiger partial charge is 0.197 e. The summed E-state index contributed by atoms with van der Waals surface area (Å²) < 4.78 is 23.4. The lowest BCUT2D eigenvalue weighted by molar-refractivity contribution is 0.172. The minimum Gasteiger partial charge on any atom is -0.493 e. The largest absolute Gasteiger partial charge is 0.493 e. The van der Waals surface area contributed by atoms with Crippen molar-refractivity contribution in [3.05, 3.63) is 47.8 Å². The summed E-state index contributed by atoms with van der Waals surface area (Å²) in [7, 11) is 0.374. The Bertz CT molecular complexity index is 846. The fourth-order valence-corrected chi connectivity index (χ4v) is 3.39. The van der Waals surface area contributed by atoms with Crippen molar-refractivity contribution < 1.29 is 13.7 Å². The summed E-state index contributed by atoms with van der Waals surface area (Å²) in [6, 6.07) is 9.48. The van der Waals surface area contributed by atoms with E-state index in [1.165, 1.54) is 0 Å². The molecule has 0 fully saturated rings. The first-order valence-corrected chi connectivity index (χ1v) is 9.39. The molecule has 1 unspecified atom stereocenters. The molecule has 7 heteroatoms. The molecule has 3 aromatic rings. The minimum absolute atomic E-state index is 0.286. The third kappa shape index (κ3) is 4.43. The number of hydrogen-bond donors (Lipinski definition) is 1. The number of benzene rings is 1. The molecule has 0 spiro atoms. The molecule has 25 heavy (non-hydrogen) atoms. The Labute approximate surface area is 149 Å². The first-order chi connectivity index (χ1) is 12.2. The van der Waals surface area contributed by atoms with Crippen molar-refractivity contribution in [3.63, 3.8) is 0 Å². The summed E-state index contributed by atoms with van der Waals surface area (Å²) in [4.78, 5) is 11.9. The third-order valence-corrected chi connectivity index (χ3v) is 4.91. The van der Waals surface area contributed by atoms with Gasteiger partial charge in [0.2, 0.25) is 0 Å². The van der Waals surface area contributed by atoms with Crippen LogP contribution in [0.1, 0.15) is 17.7 Å². The van der Waals surface area contributed by atoms with Gasteiger partial charge in [0.1, 0.15) is 5.75 Å². The first-order valence-electron chi connectivity index (χ1n) is 8.08. The van der Waals surface area contributed by atoms with Gasteiger partial charge < -0.3 is 14.5 Å². The normalized spacial score (nSPS) is 12.4. The van der Waals surface area contributed by atoms with Crippen molar-refractivity contribution in [1.29, 1.82) is 0 Å². The van der Waals surface area contributed by atoms with Crippen LogP contribution in [0.2, 0.25) is 0 Å². The average molecular weight is 359 g/mol. The second-order valence-corrected chi connectivity index (χ2v) is 7.05. The minimum atomic E-state index is -1.30. The van der Waals surface area contributed by atoms with Gasteiger partial charge >= 0.3 is 0 Å². The molecule has 0 aliphatic heterocycles. The maximum absolute atomic E-state index is 12.6. The van der Waals surface area contributed by atoms with Gasteiger partial charge in [0.15, 0.2) is 5.16 Å². The van der Waals surface area contributed by atoms with Crippen LogP contribution >= 0.6 is 0 Å². The van der Waals surface area contributed by atoms with Gasteiger partial charge in [0.05, 0.1) is 39.9 Å². The van der Waals surface area contributed by atoms with E-state index in [0.29, 0.717) is 24.1 Å². The van der Waals surface area contributed by atoms with Crippen molar-refractivity contribution in [1.82, 2.24) is 15.0 Å². The number of para-hydroxylation sites is 2. The Morgan fingerprint density at radius 2 is 2.08 bits per heavy atom. The molecule has 0 aliphatic rings. The monoisotopic (exact) mass is 359 g/mol.